The first-order valence-corrected chi connectivity index (χ1v) is 11.4. The number of carbonyl (C=O) groups excluding carboxylic acids is 2. The van der Waals surface area contributed by atoms with Crippen LogP contribution in [-0.4, -0.2) is 29.9 Å². The summed E-state index contributed by atoms with van der Waals surface area (Å²) in [6, 6.07) is 13.0. The smallest absolute Gasteiger partial charge is 0.256 e. The van der Waals surface area contributed by atoms with E-state index in [-0.39, 0.29) is 36.1 Å². The predicted octanol–water partition coefficient (Wildman–Crippen LogP) is 5.78. The Labute approximate surface area is 201 Å². The van der Waals surface area contributed by atoms with Crippen molar-refractivity contribution in [3.63, 3.8) is 0 Å². The molecule has 1 aromatic heterocycles. The average Bonchev–Trinajstić information content (AvgIpc) is 3.59. The van der Waals surface area contributed by atoms with Crippen LogP contribution in [0.3, 0.4) is 0 Å². The molecule has 0 radical (unpaired) electrons. The van der Waals surface area contributed by atoms with Gasteiger partial charge in [-0.3, -0.25) is 9.59 Å². The van der Waals surface area contributed by atoms with Crippen molar-refractivity contribution in [2.45, 2.75) is 18.8 Å². The summed E-state index contributed by atoms with van der Waals surface area (Å²) < 4.78 is 11.6. The third-order valence-electron chi connectivity index (χ3n) is 6.03. The Hall–Kier alpha value is -3.77. The molecule has 5 rings (SSSR count). The Bertz CT molecular complexity index is 1450. The molecule has 1 aliphatic carbocycles. The Balaban J connectivity index is 1.47. The molecular weight excluding hydrogens is 452 g/mol. The lowest BCUT2D eigenvalue weighted by atomic mass is 10.0. The Morgan fingerprint density at radius 3 is 2.68 bits per heavy atom. The molecule has 172 valence electrons. The molecule has 1 fully saturated rings. The SMILES string of the molecule is C=CCOc1c(C(N)=O)c(OCC(=O)c2c[nH]c3cc(C4CC4)ccc23)cc2ccc(Cl)cc12. The lowest BCUT2D eigenvalue weighted by Crippen LogP contribution is -2.18. The van der Waals surface area contributed by atoms with Gasteiger partial charge in [0.1, 0.15) is 23.7 Å². The van der Waals surface area contributed by atoms with E-state index in [4.69, 9.17) is 26.8 Å². The molecule has 0 unspecified atom stereocenters. The van der Waals surface area contributed by atoms with Gasteiger partial charge in [-0.2, -0.15) is 0 Å². The third-order valence-corrected chi connectivity index (χ3v) is 6.26. The normalized spacial score (nSPS) is 13.2. The molecule has 7 heteroatoms. The standard InChI is InChI=1S/C27H23ClN2O4/c1-2-9-33-26-20-12-18(28)7-5-17(20)11-24(25(26)27(29)32)34-14-23(31)21-13-30-22-10-16(15-3-4-15)6-8-19(21)22/h2,5-8,10-13,15,30H,1,3-4,9,14H2,(H2,29,32). The Morgan fingerprint density at radius 2 is 1.94 bits per heavy atom. The van der Waals surface area contributed by atoms with Crippen LogP contribution < -0.4 is 15.2 Å². The molecule has 4 aromatic rings. The first-order chi connectivity index (χ1) is 16.5. The van der Waals surface area contributed by atoms with Crippen LogP contribution in [0.5, 0.6) is 11.5 Å². The lowest BCUT2D eigenvalue weighted by Gasteiger charge is -2.16. The van der Waals surface area contributed by atoms with E-state index in [2.05, 4.69) is 23.7 Å². The molecule has 0 bridgehead atoms. The van der Waals surface area contributed by atoms with Gasteiger partial charge in [0.2, 0.25) is 5.78 Å². The fraction of sp³-hybridized carbons (Fsp3) is 0.185. The van der Waals surface area contributed by atoms with Crippen molar-refractivity contribution in [2.24, 2.45) is 5.73 Å². The molecule has 3 aromatic carbocycles. The van der Waals surface area contributed by atoms with Crippen LogP contribution >= 0.6 is 11.6 Å². The molecule has 0 aliphatic heterocycles. The van der Waals surface area contributed by atoms with Crippen LogP contribution in [0.15, 0.2) is 61.3 Å². The number of aromatic amines is 1. The highest BCUT2D eigenvalue weighted by Gasteiger charge is 2.25. The fourth-order valence-corrected chi connectivity index (χ4v) is 4.39. The number of carbonyl (C=O) groups is 2. The molecule has 1 aliphatic rings. The van der Waals surface area contributed by atoms with Gasteiger partial charge in [0.05, 0.1) is 0 Å². The number of Topliss-reactive ketones (excluding diaryl/α,β-unsaturated/α-hetero) is 1. The number of rotatable bonds is 9. The van der Waals surface area contributed by atoms with Gasteiger partial charge in [0.25, 0.3) is 5.91 Å². The second kappa shape index (κ2) is 8.88. The average molecular weight is 475 g/mol. The molecular formula is C27H23ClN2O4. The number of H-pyrrole nitrogens is 1. The van der Waals surface area contributed by atoms with E-state index in [9.17, 15) is 9.59 Å². The van der Waals surface area contributed by atoms with Gasteiger partial charge in [-0.25, -0.2) is 0 Å². The summed E-state index contributed by atoms with van der Waals surface area (Å²) in [6.07, 6.45) is 5.68. The maximum absolute atomic E-state index is 13.0. The number of nitrogens with two attached hydrogens (primary N) is 1. The largest absolute Gasteiger partial charge is 0.488 e. The zero-order chi connectivity index (χ0) is 23.8. The van der Waals surface area contributed by atoms with Gasteiger partial charge in [-0.1, -0.05) is 42.5 Å². The molecule has 0 atom stereocenters. The van der Waals surface area contributed by atoms with E-state index in [1.165, 1.54) is 18.4 Å². The number of nitrogens with one attached hydrogen (secondary N) is 1. The molecule has 34 heavy (non-hydrogen) atoms. The van der Waals surface area contributed by atoms with Gasteiger partial charge in [0.15, 0.2) is 6.61 Å². The van der Waals surface area contributed by atoms with E-state index in [0.29, 0.717) is 21.9 Å². The molecule has 1 amide bonds. The van der Waals surface area contributed by atoms with Crippen LogP contribution in [-0.2, 0) is 0 Å². The van der Waals surface area contributed by atoms with Crippen molar-refractivity contribution < 1.29 is 19.1 Å². The van der Waals surface area contributed by atoms with Crippen molar-refractivity contribution in [1.82, 2.24) is 4.98 Å². The number of aromatic nitrogens is 1. The minimum absolute atomic E-state index is 0.0532. The highest BCUT2D eigenvalue weighted by molar-refractivity contribution is 6.31. The van der Waals surface area contributed by atoms with Crippen LogP contribution in [0.2, 0.25) is 5.02 Å². The maximum Gasteiger partial charge on any atom is 0.256 e. The summed E-state index contributed by atoms with van der Waals surface area (Å²) in [6.45, 7) is 3.54. The molecule has 0 saturated heterocycles. The number of halogens is 1. The molecule has 3 N–H and O–H groups in total. The minimum atomic E-state index is -0.733. The van der Waals surface area contributed by atoms with Crippen LogP contribution in [0.1, 0.15) is 45.0 Å². The highest BCUT2D eigenvalue weighted by atomic mass is 35.5. The number of amides is 1. The predicted molar refractivity (Wildman–Crippen MR) is 133 cm³/mol. The van der Waals surface area contributed by atoms with Gasteiger partial charge in [0, 0.05) is 33.1 Å². The Kier molecular flexibility index (Phi) is 5.75. The van der Waals surface area contributed by atoms with Crippen LogP contribution in [0.4, 0.5) is 0 Å². The summed E-state index contributed by atoms with van der Waals surface area (Å²) in [5.74, 6) is 0.0940. The van der Waals surface area contributed by atoms with Crippen molar-refractivity contribution >= 4 is 45.0 Å². The number of benzene rings is 3. The molecule has 6 nitrogen and oxygen atoms in total. The van der Waals surface area contributed by atoms with E-state index < -0.39 is 5.91 Å². The van der Waals surface area contributed by atoms with Gasteiger partial charge in [-0.05, 0) is 54.0 Å². The quantitative estimate of drug-likeness (QED) is 0.237. The summed E-state index contributed by atoms with van der Waals surface area (Å²) in [5.41, 5.74) is 8.49. The van der Waals surface area contributed by atoms with Crippen molar-refractivity contribution in [1.29, 1.82) is 0 Å². The zero-order valence-electron chi connectivity index (χ0n) is 18.4. The first kappa shape index (κ1) is 22.0. The van der Waals surface area contributed by atoms with E-state index in [1.54, 1.807) is 36.5 Å². The first-order valence-electron chi connectivity index (χ1n) is 11.0. The van der Waals surface area contributed by atoms with E-state index in [0.717, 1.165) is 16.3 Å². The second-order valence-corrected chi connectivity index (χ2v) is 8.84. The third kappa shape index (κ3) is 4.13. The number of hydrogen-bond acceptors (Lipinski definition) is 4. The topological polar surface area (TPSA) is 94.4 Å². The highest BCUT2D eigenvalue weighted by Crippen LogP contribution is 2.41. The molecule has 1 saturated carbocycles. The number of fused-ring (bicyclic) bond motifs is 2. The number of primary amides is 1. The summed E-state index contributed by atoms with van der Waals surface area (Å²) in [4.78, 5) is 28.6. The van der Waals surface area contributed by atoms with Crippen molar-refractivity contribution in [3.05, 3.63) is 83.0 Å². The summed E-state index contributed by atoms with van der Waals surface area (Å²) in [5, 5.41) is 2.68. The lowest BCUT2D eigenvalue weighted by molar-refractivity contribution is 0.0912. The van der Waals surface area contributed by atoms with Gasteiger partial charge < -0.3 is 20.2 Å². The molecule has 0 spiro atoms. The number of ketones is 1. The van der Waals surface area contributed by atoms with Crippen LogP contribution in [0.25, 0.3) is 21.7 Å². The Morgan fingerprint density at radius 1 is 1.12 bits per heavy atom. The molecule has 1 heterocycles. The number of hydrogen-bond donors (Lipinski definition) is 2. The van der Waals surface area contributed by atoms with Gasteiger partial charge in [-0.15, -0.1) is 0 Å². The van der Waals surface area contributed by atoms with Crippen molar-refractivity contribution in [3.8, 4) is 11.5 Å². The van der Waals surface area contributed by atoms with E-state index in [1.807, 2.05) is 6.07 Å². The minimum Gasteiger partial charge on any atom is -0.488 e. The maximum atomic E-state index is 13.0. The monoisotopic (exact) mass is 474 g/mol. The zero-order valence-corrected chi connectivity index (χ0v) is 19.2. The fourth-order valence-electron chi connectivity index (χ4n) is 4.22. The summed E-state index contributed by atoms with van der Waals surface area (Å²) >= 11 is 6.16. The van der Waals surface area contributed by atoms with Gasteiger partial charge >= 0.3 is 0 Å². The van der Waals surface area contributed by atoms with E-state index >= 15 is 0 Å². The summed E-state index contributed by atoms with van der Waals surface area (Å²) in [7, 11) is 0. The van der Waals surface area contributed by atoms with Crippen LogP contribution in [0, 0.1) is 0 Å². The second-order valence-electron chi connectivity index (χ2n) is 8.40. The number of ether oxygens (including phenoxy) is 2. The van der Waals surface area contributed by atoms with Crippen molar-refractivity contribution in [2.75, 3.05) is 13.2 Å².